The molecule has 0 unspecified atom stereocenters. The molecule has 0 aliphatic carbocycles. The summed E-state index contributed by atoms with van der Waals surface area (Å²) in [4.78, 5) is 3.35. The summed E-state index contributed by atoms with van der Waals surface area (Å²) in [7, 11) is 3.86. The Morgan fingerprint density at radius 2 is 1.83 bits per heavy atom. The van der Waals surface area contributed by atoms with Gasteiger partial charge >= 0.3 is 0 Å². The SMILES string of the molecule is CN(C)CCN(C(=N)N)C(N)=S. The van der Waals surface area contributed by atoms with Crippen LogP contribution < -0.4 is 11.5 Å². The quantitative estimate of drug-likeness (QED) is 0.301. The number of thiocarbonyl (C=S) groups is 1. The lowest BCUT2D eigenvalue weighted by Crippen LogP contribution is -2.47. The Balaban J connectivity index is 3.97. The maximum Gasteiger partial charge on any atom is 0.194 e. The highest BCUT2D eigenvalue weighted by Gasteiger charge is 2.08. The van der Waals surface area contributed by atoms with Crippen LogP contribution in [0.2, 0.25) is 0 Å². The van der Waals surface area contributed by atoms with Crippen LogP contribution >= 0.6 is 12.2 Å². The number of nitrogens with one attached hydrogen (secondary N) is 1. The Hall–Kier alpha value is -0.880. The smallest absolute Gasteiger partial charge is 0.194 e. The molecule has 0 bridgehead atoms. The van der Waals surface area contributed by atoms with Crippen LogP contribution in [0.3, 0.4) is 0 Å². The summed E-state index contributed by atoms with van der Waals surface area (Å²) in [5, 5.41) is 7.29. The Kier molecular flexibility index (Phi) is 4.53. The highest BCUT2D eigenvalue weighted by molar-refractivity contribution is 7.80. The predicted octanol–water partition coefficient (Wildman–Crippen LogP) is -1.01. The van der Waals surface area contributed by atoms with E-state index in [4.69, 9.17) is 29.1 Å². The molecular formula is C6H15N5S. The van der Waals surface area contributed by atoms with Gasteiger partial charge in [-0.25, -0.2) is 0 Å². The Morgan fingerprint density at radius 3 is 2.08 bits per heavy atom. The van der Waals surface area contributed by atoms with E-state index in [9.17, 15) is 0 Å². The van der Waals surface area contributed by atoms with Crippen molar-refractivity contribution in [2.24, 2.45) is 11.5 Å². The van der Waals surface area contributed by atoms with Gasteiger partial charge < -0.3 is 16.4 Å². The number of hydrogen-bond acceptors (Lipinski definition) is 3. The van der Waals surface area contributed by atoms with Crippen molar-refractivity contribution in [3.63, 3.8) is 0 Å². The first-order valence-corrected chi connectivity index (χ1v) is 3.91. The zero-order valence-corrected chi connectivity index (χ0v) is 8.19. The zero-order chi connectivity index (χ0) is 9.72. The molecule has 0 spiro atoms. The Bertz CT molecular complexity index is 165. The third-order valence-corrected chi connectivity index (χ3v) is 1.55. The van der Waals surface area contributed by atoms with E-state index in [2.05, 4.69) is 0 Å². The molecule has 0 aromatic carbocycles. The van der Waals surface area contributed by atoms with Gasteiger partial charge in [0.1, 0.15) is 0 Å². The largest absolute Gasteiger partial charge is 0.376 e. The summed E-state index contributed by atoms with van der Waals surface area (Å²) in [6.45, 7) is 1.31. The number of nitrogens with two attached hydrogens (primary N) is 2. The molecule has 0 fully saturated rings. The molecule has 0 saturated carbocycles. The third-order valence-electron chi connectivity index (χ3n) is 1.33. The van der Waals surface area contributed by atoms with Crippen LogP contribution in [0.4, 0.5) is 0 Å². The van der Waals surface area contributed by atoms with Crippen molar-refractivity contribution in [2.45, 2.75) is 0 Å². The molecule has 0 heterocycles. The highest BCUT2D eigenvalue weighted by atomic mass is 32.1. The van der Waals surface area contributed by atoms with Crippen molar-refractivity contribution in [1.82, 2.24) is 9.80 Å². The fraction of sp³-hybridized carbons (Fsp3) is 0.667. The number of likely N-dealkylation sites (N-methyl/N-ethyl adjacent to an activating group) is 1. The first-order valence-electron chi connectivity index (χ1n) is 3.51. The third kappa shape index (κ3) is 4.09. The van der Waals surface area contributed by atoms with Crippen molar-refractivity contribution < 1.29 is 0 Å². The lowest BCUT2D eigenvalue weighted by atomic mass is 10.5. The van der Waals surface area contributed by atoms with Crippen LogP contribution in [0.1, 0.15) is 0 Å². The molecule has 0 aromatic rings. The molecule has 0 saturated heterocycles. The van der Waals surface area contributed by atoms with Crippen molar-refractivity contribution in [3.8, 4) is 0 Å². The Morgan fingerprint density at radius 1 is 1.33 bits per heavy atom. The monoisotopic (exact) mass is 189 g/mol. The topological polar surface area (TPSA) is 82.4 Å². The van der Waals surface area contributed by atoms with Crippen LogP contribution in [-0.4, -0.2) is 48.1 Å². The minimum absolute atomic E-state index is 0.107. The minimum Gasteiger partial charge on any atom is -0.376 e. The second-order valence-corrected chi connectivity index (χ2v) is 3.10. The molecule has 12 heavy (non-hydrogen) atoms. The molecule has 5 nitrogen and oxygen atoms in total. The first-order chi connectivity index (χ1) is 5.45. The molecule has 0 amide bonds. The molecular weight excluding hydrogens is 174 g/mol. The maximum atomic E-state index is 7.14. The molecule has 70 valence electrons. The number of guanidine groups is 1. The van der Waals surface area contributed by atoms with E-state index in [1.54, 1.807) is 0 Å². The molecule has 5 N–H and O–H groups in total. The summed E-state index contributed by atoms with van der Waals surface area (Å²) in [6, 6.07) is 0. The fourth-order valence-corrected chi connectivity index (χ4v) is 0.839. The fourth-order valence-electron chi connectivity index (χ4n) is 0.649. The van der Waals surface area contributed by atoms with Gasteiger partial charge in [0.25, 0.3) is 0 Å². The number of nitrogens with zero attached hydrogens (tertiary/aromatic N) is 2. The van der Waals surface area contributed by atoms with E-state index in [0.29, 0.717) is 6.54 Å². The van der Waals surface area contributed by atoms with Crippen molar-refractivity contribution >= 4 is 23.3 Å². The van der Waals surface area contributed by atoms with E-state index in [0.717, 1.165) is 6.54 Å². The first kappa shape index (κ1) is 11.1. The summed E-state index contributed by atoms with van der Waals surface area (Å²) < 4.78 is 0. The average molecular weight is 189 g/mol. The van der Waals surface area contributed by atoms with Gasteiger partial charge in [0.15, 0.2) is 11.1 Å². The van der Waals surface area contributed by atoms with Crippen LogP contribution in [-0.2, 0) is 0 Å². The maximum absolute atomic E-state index is 7.14. The van der Waals surface area contributed by atoms with Gasteiger partial charge in [0.2, 0.25) is 0 Å². The van der Waals surface area contributed by atoms with Gasteiger partial charge in [0.05, 0.1) is 0 Å². The number of rotatable bonds is 3. The molecule has 0 atom stereocenters. The summed E-state index contributed by atoms with van der Waals surface area (Å²) in [6.07, 6.45) is 0. The van der Waals surface area contributed by atoms with E-state index in [-0.39, 0.29) is 11.1 Å². The average Bonchev–Trinajstić information content (AvgIpc) is 1.84. The van der Waals surface area contributed by atoms with Gasteiger partial charge in [0, 0.05) is 13.1 Å². The van der Waals surface area contributed by atoms with Crippen LogP contribution in [0, 0.1) is 5.41 Å². The van der Waals surface area contributed by atoms with Crippen molar-refractivity contribution in [3.05, 3.63) is 0 Å². The second kappa shape index (κ2) is 4.89. The number of hydrogen-bond donors (Lipinski definition) is 3. The standard InChI is InChI=1S/C6H15N5S/c1-10(2)3-4-11(5(7)8)6(9)12/h3-4H2,1-2H3,(H3,7,8)(H2,9,12). The van der Waals surface area contributed by atoms with E-state index in [1.165, 1.54) is 4.90 Å². The minimum atomic E-state index is -0.107. The molecule has 0 rings (SSSR count). The summed E-state index contributed by atoms with van der Waals surface area (Å²) >= 11 is 4.71. The summed E-state index contributed by atoms with van der Waals surface area (Å²) in [5.41, 5.74) is 10.6. The van der Waals surface area contributed by atoms with Gasteiger partial charge in [-0.3, -0.25) is 10.3 Å². The van der Waals surface area contributed by atoms with E-state index < -0.39 is 0 Å². The molecule has 0 radical (unpaired) electrons. The van der Waals surface area contributed by atoms with Gasteiger partial charge in [-0.05, 0) is 26.3 Å². The molecule has 0 aromatic heterocycles. The second-order valence-electron chi connectivity index (χ2n) is 2.68. The van der Waals surface area contributed by atoms with Crippen molar-refractivity contribution in [1.29, 1.82) is 5.41 Å². The highest BCUT2D eigenvalue weighted by Crippen LogP contribution is 1.87. The predicted molar refractivity (Wildman–Crippen MR) is 54.0 cm³/mol. The normalized spacial score (nSPS) is 9.92. The van der Waals surface area contributed by atoms with Gasteiger partial charge in [-0.2, -0.15) is 0 Å². The lowest BCUT2D eigenvalue weighted by molar-refractivity contribution is 0.379. The molecule has 0 aliphatic rings. The summed E-state index contributed by atoms with van der Waals surface area (Å²) in [5.74, 6) is -0.107. The Labute approximate surface area is 77.8 Å². The lowest BCUT2D eigenvalue weighted by Gasteiger charge is -2.22. The van der Waals surface area contributed by atoms with E-state index in [1.807, 2.05) is 19.0 Å². The van der Waals surface area contributed by atoms with Crippen LogP contribution in [0.15, 0.2) is 0 Å². The van der Waals surface area contributed by atoms with Gasteiger partial charge in [-0.1, -0.05) is 0 Å². The van der Waals surface area contributed by atoms with E-state index >= 15 is 0 Å². The molecule has 0 aliphatic heterocycles. The van der Waals surface area contributed by atoms with Crippen LogP contribution in [0.5, 0.6) is 0 Å². The van der Waals surface area contributed by atoms with Crippen molar-refractivity contribution in [2.75, 3.05) is 27.2 Å². The zero-order valence-electron chi connectivity index (χ0n) is 7.37. The molecule has 6 heteroatoms. The van der Waals surface area contributed by atoms with Crippen LogP contribution in [0.25, 0.3) is 0 Å². The van der Waals surface area contributed by atoms with Gasteiger partial charge in [-0.15, -0.1) is 0 Å².